The molecule has 0 unspecified atom stereocenters. The van der Waals surface area contributed by atoms with E-state index in [1.54, 1.807) is 6.92 Å². The van der Waals surface area contributed by atoms with Crippen molar-refractivity contribution in [3.8, 4) is 0 Å². The topological polar surface area (TPSA) is 104 Å². The minimum atomic E-state index is 0.395. The molecule has 0 N–H and O–H groups in total. The molecule has 110 valence electrons. The molecule has 0 saturated carbocycles. The largest absolute Gasteiger partial charge is 0.361 e. The molecule has 21 heavy (non-hydrogen) atoms. The predicted molar refractivity (Wildman–Crippen MR) is 69.5 cm³/mol. The van der Waals surface area contributed by atoms with Crippen molar-refractivity contribution in [2.24, 2.45) is 0 Å². The number of aromatic nitrogens is 5. The van der Waals surface area contributed by atoms with Crippen molar-refractivity contribution in [2.45, 2.75) is 40.0 Å². The zero-order chi connectivity index (χ0) is 14.8. The molecule has 0 bridgehead atoms. The van der Waals surface area contributed by atoms with E-state index in [1.165, 1.54) is 0 Å². The Morgan fingerprint density at radius 2 is 1.57 bits per heavy atom. The van der Waals surface area contributed by atoms with Crippen LogP contribution in [-0.2, 0) is 19.3 Å². The van der Waals surface area contributed by atoms with Crippen molar-refractivity contribution in [3.05, 3.63) is 40.4 Å². The van der Waals surface area contributed by atoms with E-state index in [-0.39, 0.29) is 0 Å². The summed E-state index contributed by atoms with van der Waals surface area (Å²) in [4.78, 5) is 8.43. The molecular formula is C13H15N5O3. The Kier molecular flexibility index (Phi) is 3.51. The molecule has 8 nitrogen and oxygen atoms in total. The van der Waals surface area contributed by atoms with Crippen LogP contribution in [0.25, 0.3) is 0 Å². The maximum absolute atomic E-state index is 5.22. The molecular weight excluding hydrogens is 274 g/mol. The van der Waals surface area contributed by atoms with Crippen molar-refractivity contribution in [2.75, 3.05) is 0 Å². The van der Waals surface area contributed by atoms with Crippen molar-refractivity contribution in [1.29, 1.82) is 0 Å². The van der Waals surface area contributed by atoms with Gasteiger partial charge >= 0.3 is 0 Å². The van der Waals surface area contributed by atoms with Crippen LogP contribution in [0.4, 0.5) is 0 Å². The number of hydrogen-bond acceptors (Lipinski definition) is 8. The van der Waals surface area contributed by atoms with Crippen molar-refractivity contribution in [3.63, 3.8) is 0 Å². The van der Waals surface area contributed by atoms with Gasteiger partial charge in [0.2, 0.25) is 11.8 Å². The Hall–Kier alpha value is -2.51. The second-order valence-corrected chi connectivity index (χ2v) is 4.81. The molecule has 0 radical (unpaired) electrons. The molecule has 0 spiro atoms. The fraction of sp³-hybridized carbons (Fsp3) is 0.462. The molecule has 0 saturated heterocycles. The predicted octanol–water partition coefficient (Wildman–Crippen LogP) is 1.74. The molecule has 0 atom stereocenters. The first-order valence-corrected chi connectivity index (χ1v) is 6.64. The summed E-state index contributed by atoms with van der Waals surface area (Å²) in [6.07, 6.45) is 1.79. The van der Waals surface area contributed by atoms with Crippen LogP contribution in [0.3, 0.4) is 0 Å². The Morgan fingerprint density at radius 1 is 0.810 bits per heavy atom. The van der Waals surface area contributed by atoms with E-state index in [0.29, 0.717) is 36.3 Å². The van der Waals surface area contributed by atoms with Gasteiger partial charge in [0.15, 0.2) is 11.6 Å². The molecule has 0 aliphatic heterocycles. The van der Waals surface area contributed by atoms with Gasteiger partial charge in [-0.1, -0.05) is 15.5 Å². The average molecular weight is 289 g/mol. The van der Waals surface area contributed by atoms with E-state index in [2.05, 4.69) is 25.4 Å². The molecule has 0 aliphatic rings. The van der Waals surface area contributed by atoms with Gasteiger partial charge in [0.05, 0.1) is 12.1 Å². The van der Waals surface area contributed by atoms with Gasteiger partial charge in [0, 0.05) is 18.9 Å². The Bertz CT molecular complexity index is 723. The summed E-state index contributed by atoms with van der Waals surface area (Å²) in [7, 11) is 0. The van der Waals surface area contributed by atoms with Crippen LogP contribution in [0.5, 0.6) is 0 Å². The summed E-state index contributed by atoms with van der Waals surface area (Å²) in [5.74, 6) is 3.02. The number of nitrogens with zero attached hydrogens (tertiary/aromatic N) is 5. The normalized spacial score (nSPS) is 11.2. The third kappa shape index (κ3) is 2.99. The summed E-state index contributed by atoms with van der Waals surface area (Å²) in [6, 6.07) is 0. The standard InChI is InChI=1S/C13H15N5O3/c1-7-10(8(2)19-16-7)4-5-13-15-12(18-21-13)6-11-14-9(3)20-17-11/h4-6H2,1-3H3. The number of hydrogen-bond donors (Lipinski definition) is 0. The molecule has 0 aromatic carbocycles. The Labute approximate surface area is 120 Å². The molecule has 3 heterocycles. The van der Waals surface area contributed by atoms with Crippen molar-refractivity contribution < 1.29 is 13.6 Å². The third-order valence-electron chi connectivity index (χ3n) is 3.17. The second kappa shape index (κ2) is 5.47. The summed E-state index contributed by atoms with van der Waals surface area (Å²) < 4.78 is 15.3. The van der Waals surface area contributed by atoms with E-state index in [0.717, 1.165) is 23.4 Å². The summed E-state index contributed by atoms with van der Waals surface area (Å²) in [6.45, 7) is 5.55. The van der Waals surface area contributed by atoms with Gasteiger partial charge in [0.1, 0.15) is 5.76 Å². The van der Waals surface area contributed by atoms with Gasteiger partial charge in [-0.3, -0.25) is 0 Å². The van der Waals surface area contributed by atoms with Crippen LogP contribution in [0.15, 0.2) is 13.6 Å². The molecule has 3 aromatic rings. The average Bonchev–Trinajstić information content (AvgIpc) is 3.13. The summed E-state index contributed by atoms with van der Waals surface area (Å²) >= 11 is 0. The highest BCUT2D eigenvalue weighted by Gasteiger charge is 2.13. The van der Waals surface area contributed by atoms with E-state index < -0.39 is 0 Å². The fourth-order valence-electron chi connectivity index (χ4n) is 2.11. The van der Waals surface area contributed by atoms with Gasteiger partial charge in [-0.25, -0.2) is 0 Å². The molecule has 3 rings (SSSR count). The SMILES string of the molecule is Cc1nc(Cc2noc(CCc3c(C)noc3C)n2)no1. The highest BCUT2D eigenvalue weighted by Crippen LogP contribution is 2.15. The van der Waals surface area contributed by atoms with E-state index in [4.69, 9.17) is 13.6 Å². The first-order valence-electron chi connectivity index (χ1n) is 6.64. The van der Waals surface area contributed by atoms with E-state index in [1.807, 2.05) is 13.8 Å². The van der Waals surface area contributed by atoms with Crippen LogP contribution in [-0.4, -0.2) is 25.4 Å². The first kappa shape index (κ1) is 13.5. The molecule has 8 heteroatoms. The fourth-order valence-corrected chi connectivity index (χ4v) is 2.11. The Morgan fingerprint density at radius 3 is 2.24 bits per heavy atom. The van der Waals surface area contributed by atoms with E-state index in [9.17, 15) is 0 Å². The van der Waals surface area contributed by atoms with Crippen LogP contribution in [0.1, 0.15) is 40.4 Å². The lowest BCUT2D eigenvalue weighted by Gasteiger charge is -1.95. The number of rotatable bonds is 5. The molecule has 0 amide bonds. The van der Waals surface area contributed by atoms with Crippen LogP contribution in [0.2, 0.25) is 0 Å². The minimum absolute atomic E-state index is 0.395. The second-order valence-electron chi connectivity index (χ2n) is 4.81. The highest BCUT2D eigenvalue weighted by molar-refractivity contribution is 5.21. The molecule has 3 aromatic heterocycles. The van der Waals surface area contributed by atoms with Crippen molar-refractivity contribution in [1.82, 2.24) is 25.4 Å². The quantitative estimate of drug-likeness (QED) is 0.699. The lowest BCUT2D eigenvalue weighted by molar-refractivity contribution is 0.371. The minimum Gasteiger partial charge on any atom is -0.361 e. The van der Waals surface area contributed by atoms with Gasteiger partial charge in [-0.05, 0) is 20.3 Å². The summed E-state index contributed by atoms with van der Waals surface area (Å²) in [5.41, 5.74) is 1.98. The van der Waals surface area contributed by atoms with Crippen LogP contribution < -0.4 is 0 Å². The van der Waals surface area contributed by atoms with E-state index >= 15 is 0 Å². The Balaban J connectivity index is 1.63. The van der Waals surface area contributed by atoms with Gasteiger partial charge in [-0.15, -0.1) is 0 Å². The zero-order valence-corrected chi connectivity index (χ0v) is 12.1. The van der Waals surface area contributed by atoms with Crippen molar-refractivity contribution >= 4 is 0 Å². The number of aryl methyl sites for hydroxylation is 4. The van der Waals surface area contributed by atoms with Crippen LogP contribution >= 0.6 is 0 Å². The van der Waals surface area contributed by atoms with Crippen LogP contribution in [0, 0.1) is 20.8 Å². The van der Waals surface area contributed by atoms with Gasteiger partial charge in [-0.2, -0.15) is 9.97 Å². The smallest absolute Gasteiger partial charge is 0.226 e. The summed E-state index contributed by atoms with van der Waals surface area (Å²) in [5, 5.41) is 11.6. The lowest BCUT2D eigenvalue weighted by Crippen LogP contribution is -1.96. The first-order chi connectivity index (χ1) is 10.1. The van der Waals surface area contributed by atoms with Gasteiger partial charge in [0.25, 0.3) is 0 Å². The zero-order valence-electron chi connectivity index (χ0n) is 12.1. The maximum Gasteiger partial charge on any atom is 0.226 e. The molecule has 0 aliphatic carbocycles. The highest BCUT2D eigenvalue weighted by atomic mass is 16.5. The van der Waals surface area contributed by atoms with Gasteiger partial charge < -0.3 is 13.6 Å². The third-order valence-corrected chi connectivity index (χ3v) is 3.17. The molecule has 0 fully saturated rings. The monoisotopic (exact) mass is 289 g/mol. The maximum atomic E-state index is 5.22. The lowest BCUT2D eigenvalue weighted by atomic mass is 10.1.